The minimum atomic E-state index is -1.31. The number of hydrogen-bond donors (Lipinski definition) is 2. The fourth-order valence-electron chi connectivity index (χ4n) is 4.80. The van der Waals surface area contributed by atoms with E-state index in [-0.39, 0.29) is 51.8 Å². The fourth-order valence-corrected chi connectivity index (χ4v) is 4.80. The molecule has 2 fully saturated rings. The molecule has 2 aromatic rings. The van der Waals surface area contributed by atoms with Gasteiger partial charge in [0.25, 0.3) is 0 Å². The number of rotatable bonds is 10. The van der Waals surface area contributed by atoms with Gasteiger partial charge in [-0.25, -0.2) is 14.2 Å². The molecule has 4 rings (SSSR count). The highest BCUT2D eigenvalue weighted by Crippen LogP contribution is 2.28. The maximum Gasteiger partial charge on any atom is 0.334 e. The van der Waals surface area contributed by atoms with Crippen LogP contribution >= 0.6 is 0 Å². The summed E-state index contributed by atoms with van der Waals surface area (Å²) < 4.78 is 18.8. The van der Waals surface area contributed by atoms with Gasteiger partial charge in [-0.2, -0.15) is 5.01 Å². The number of carbonyl (C=O) groups excluding carboxylic acids is 3. The van der Waals surface area contributed by atoms with E-state index in [4.69, 9.17) is 11.2 Å². The molecule has 11 nitrogen and oxygen atoms in total. The molecule has 2 aromatic carbocycles. The molecule has 40 heavy (non-hydrogen) atoms. The first-order valence-corrected chi connectivity index (χ1v) is 12.7. The molecule has 0 bridgehead atoms. The second kappa shape index (κ2) is 13.1. The van der Waals surface area contributed by atoms with Gasteiger partial charge in [0.05, 0.1) is 39.3 Å². The van der Waals surface area contributed by atoms with Gasteiger partial charge in [-0.15, -0.1) is 6.42 Å². The first kappa shape index (κ1) is 28.5. The van der Waals surface area contributed by atoms with Crippen LogP contribution in [0.2, 0.25) is 0 Å². The Bertz CT molecular complexity index is 1270. The van der Waals surface area contributed by atoms with Crippen LogP contribution in [0, 0.1) is 18.2 Å². The predicted molar refractivity (Wildman–Crippen MR) is 140 cm³/mol. The summed E-state index contributed by atoms with van der Waals surface area (Å²) in [6.45, 7) is 0.163. The van der Waals surface area contributed by atoms with Crippen molar-refractivity contribution in [3.63, 3.8) is 0 Å². The quantitative estimate of drug-likeness (QED) is 0.337. The summed E-state index contributed by atoms with van der Waals surface area (Å²) in [6.07, 6.45) is 3.92. The highest BCUT2D eigenvalue weighted by atomic mass is 19.1. The number of terminal acetylenes is 1. The minimum Gasteiger partial charge on any atom is -0.481 e. The number of hydrogen-bond acceptors (Lipinski definition) is 6. The average molecular weight is 552 g/mol. The normalized spacial score (nSPS) is 19.2. The van der Waals surface area contributed by atoms with Crippen molar-refractivity contribution in [2.45, 2.75) is 31.8 Å². The van der Waals surface area contributed by atoms with Crippen molar-refractivity contribution in [2.75, 3.05) is 32.8 Å². The van der Waals surface area contributed by atoms with Crippen molar-refractivity contribution in [1.82, 2.24) is 25.1 Å². The lowest BCUT2D eigenvalue weighted by atomic mass is 10.0. The van der Waals surface area contributed by atoms with Crippen molar-refractivity contribution in [2.24, 2.45) is 0 Å². The van der Waals surface area contributed by atoms with E-state index in [0.29, 0.717) is 0 Å². The molecule has 0 spiro atoms. The molecule has 0 radical (unpaired) electrons. The molecule has 0 aromatic heterocycles. The fraction of sp³-hybridized carbons (Fsp3) is 0.357. The Labute approximate surface area is 231 Å². The van der Waals surface area contributed by atoms with Gasteiger partial charge < -0.3 is 25.0 Å². The van der Waals surface area contributed by atoms with E-state index in [1.54, 1.807) is 12.1 Å². The summed E-state index contributed by atoms with van der Waals surface area (Å²) >= 11 is 0. The summed E-state index contributed by atoms with van der Waals surface area (Å²) in [5.41, 5.74) is 1.59. The molecule has 12 heteroatoms. The second-order valence-corrected chi connectivity index (χ2v) is 9.37. The number of carboxylic acid groups (broad SMARTS) is 1. The Morgan fingerprint density at radius 3 is 2.50 bits per heavy atom. The molecule has 2 N–H and O–H groups in total. The molecule has 0 aliphatic carbocycles. The van der Waals surface area contributed by atoms with Crippen molar-refractivity contribution >= 4 is 23.8 Å². The number of fused-ring (bicyclic) bond motifs is 1. The molecule has 2 aliphatic rings. The summed E-state index contributed by atoms with van der Waals surface area (Å²) in [5.74, 6) is -0.222. The molecule has 2 atom stereocenters. The third kappa shape index (κ3) is 6.74. The Morgan fingerprint density at radius 2 is 1.82 bits per heavy atom. The summed E-state index contributed by atoms with van der Waals surface area (Å²) in [4.78, 5) is 54.3. The zero-order chi connectivity index (χ0) is 28.6. The number of amides is 4. The van der Waals surface area contributed by atoms with Crippen LogP contribution in [0.1, 0.15) is 17.5 Å². The van der Waals surface area contributed by atoms with Gasteiger partial charge in [0, 0.05) is 13.1 Å². The van der Waals surface area contributed by atoms with Crippen molar-refractivity contribution < 1.29 is 33.4 Å². The zero-order valence-electron chi connectivity index (χ0n) is 21.7. The minimum absolute atomic E-state index is 0.0485. The van der Waals surface area contributed by atoms with Crippen LogP contribution in [-0.2, 0) is 32.3 Å². The van der Waals surface area contributed by atoms with E-state index < -0.39 is 42.4 Å². The van der Waals surface area contributed by atoms with E-state index in [0.717, 1.165) is 11.1 Å². The number of nitrogens with one attached hydrogen (secondary N) is 1. The molecule has 4 amide bonds. The Morgan fingerprint density at radius 1 is 1.10 bits per heavy atom. The van der Waals surface area contributed by atoms with Crippen LogP contribution in [0.5, 0.6) is 0 Å². The highest BCUT2D eigenvalue weighted by molar-refractivity contribution is 5.93. The van der Waals surface area contributed by atoms with Crippen molar-refractivity contribution in [1.29, 1.82) is 0 Å². The van der Waals surface area contributed by atoms with Crippen LogP contribution < -0.4 is 5.32 Å². The summed E-state index contributed by atoms with van der Waals surface area (Å²) in [6, 6.07) is 13.2. The topological polar surface area (TPSA) is 123 Å². The molecular weight excluding hydrogens is 521 g/mol. The number of ether oxygens (including phenoxy) is 1. The van der Waals surface area contributed by atoms with Crippen molar-refractivity contribution in [3.8, 4) is 12.3 Å². The monoisotopic (exact) mass is 551 g/mol. The molecule has 0 unspecified atom stereocenters. The standard InChI is InChI=1S/C28H30FN5O6/c1-2-12-32-18-25(35)33-23(15-26(36)37)27(38)31(13-14-40-19-21-8-10-22(29)11-9-21)17-24(33)34(32)28(39)30-16-20-6-4-3-5-7-20/h1,3-11,23-24H,12-19H2,(H,30,39)(H,36,37)/t23-,24-/m0/s1. The van der Waals surface area contributed by atoms with Gasteiger partial charge >= 0.3 is 12.0 Å². The number of piperazine rings is 1. The third-order valence-corrected chi connectivity index (χ3v) is 6.65. The maximum atomic E-state index is 13.5. The number of carbonyl (C=O) groups is 4. The lowest BCUT2D eigenvalue weighted by Crippen LogP contribution is -2.76. The number of carboxylic acids is 1. The van der Waals surface area contributed by atoms with Crippen molar-refractivity contribution in [3.05, 3.63) is 71.5 Å². The Balaban J connectivity index is 1.53. The number of urea groups is 1. The van der Waals surface area contributed by atoms with Crippen LogP contribution in [0.3, 0.4) is 0 Å². The molecule has 0 saturated carbocycles. The van der Waals surface area contributed by atoms with E-state index in [2.05, 4.69) is 11.2 Å². The lowest BCUT2D eigenvalue weighted by Gasteiger charge is -2.54. The first-order valence-electron chi connectivity index (χ1n) is 12.7. The van der Waals surface area contributed by atoms with Crippen LogP contribution in [0.25, 0.3) is 0 Å². The largest absolute Gasteiger partial charge is 0.481 e. The summed E-state index contributed by atoms with van der Waals surface area (Å²) in [7, 11) is 0. The first-order chi connectivity index (χ1) is 19.3. The molecule has 210 valence electrons. The number of nitrogens with zero attached hydrogens (tertiary/aromatic N) is 4. The number of aliphatic carboxylic acids is 1. The van der Waals surface area contributed by atoms with Gasteiger partial charge in [-0.3, -0.25) is 14.4 Å². The van der Waals surface area contributed by atoms with Gasteiger partial charge in [0.2, 0.25) is 11.8 Å². The molecular formula is C28H30FN5O6. The van der Waals surface area contributed by atoms with Gasteiger partial charge in [0.15, 0.2) is 0 Å². The van der Waals surface area contributed by atoms with E-state index in [1.165, 1.54) is 32.0 Å². The van der Waals surface area contributed by atoms with Crippen LogP contribution in [-0.4, -0.2) is 93.7 Å². The molecule has 2 aliphatic heterocycles. The number of hydrazine groups is 1. The lowest BCUT2D eigenvalue weighted by molar-refractivity contribution is -0.190. The van der Waals surface area contributed by atoms with Gasteiger partial charge in [-0.1, -0.05) is 48.4 Å². The molecule has 2 saturated heterocycles. The average Bonchev–Trinajstić information content (AvgIpc) is 2.93. The Kier molecular flexibility index (Phi) is 9.31. The SMILES string of the molecule is C#CCN1CC(=O)N2[C@@H](CC(=O)O)C(=O)N(CCOCc3ccc(F)cc3)C[C@@H]2N1C(=O)NCc1ccccc1. The number of halogens is 1. The predicted octanol–water partition coefficient (Wildman–Crippen LogP) is 1.26. The van der Waals surface area contributed by atoms with Crippen LogP contribution in [0.15, 0.2) is 54.6 Å². The Hall–Kier alpha value is -4.47. The highest BCUT2D eigenvalue weighted by Gasteiger charge is 2.51. The molecule has 2 heterocycles. The zero-order valence-corrected chi connectivity index (χ0v) is 21.7. The third-order valence-electron chi connectivity index (χ3n) is 6.65. The van der Waals surface area contributed by atoms with Gasteiger partial charge in [0.1, 0.15) is 18.0 Å². The van der Waals surface area contributed by atoms with E-state index in [9.17, 15) is 28.7 Å². The van der Waals surface area contributed by atoms with Gasteiger partial charge in [-0.05, 0) is 23.3 Å². The smallest absolute Gasteiger partial charge is 0.334 e. The van der Waals surface area contributed by atoms with Crippen LogP contribution in [0.4, 0.5) is 9.18 Å². The van der Waals surface area contributed by atoms with E-state index in [1.807, 2.05) is 30.3 Å². The number of benzene rings is 2. The van der Waals surface area contributed by atoms with E-state index >= 15 is 0 Å². The summed E-state index contributed by atoms with van der Waals surface area (Å²) in [5, 5.41) is 15.1. The second-order valence-electron chi connectivity index (χ2n) is 9.37. The maximum absolute atomic E-state index is 13.5.